The lowest BCUT2D eigenvalue weighted by Crippen LogP contribution is -2.56. The first kappa shape index (κ1) is 24.6. The van der Waals surface area contributed by atoms with Crippen molar-refractivity contribution >= 4 is 6.09 Å². The van der Waals surface area contributed by atoms with Gasteiger partial charge in [-0.3, -0.25) is 4.90 Å². The van der Waals surface area contributed by atoms with Crippen molar-refractivity contribution in [2.45, 2.75) is 70.6 Å². The number of benzene rings is 1. The molecule has 3 rings (SSSR count). The van der Waals surface area contributed by atoms with E-state index in [1.165, 1.54) is 18.4 Å². The van der Waals surface area contributed by atoms with E-state index in [1.807, 2.05) is 37.8 Å². The average Bonchev–Trinajstić information content (AvgIpc) is 2.78. The second-order valence-corrected chi connectivity index (χ2v) is 9.70. The van der Waals surface area contributed by atoms with Gasteiger partial charge in [-0.2, -0.15) is 0 Å². The summed E-state index contributed by atoms with van der Waals surface area (Å²) in [4.78, 5) is 16.7. The minimum Gasteiger partial charge on any atom is -0.493 e. The molecule has 1 aliphatic heterocycles. The SMILES string of the molecule is COc1ccc(CCO[C@@H]2CCCC[C@H]2N2CCN(C(=O)OC(C)(C)C)CC2)cc1OC. The van der Waals surface area contributed by atoms with Gasteiger partial charge in [0.05, 0.1) is 26.9 Å². The highest BCUT2D eigenvalue weighted by atomic mass is 16.6. The van der Waals surface area contributed by atoms with E-state index in [0.717, 1.165) is 43.9 Å². The van der Waals surface area contributed by atoms with Crippen LogP contribution in [0.1, 0.15) is 52.0 Å². The fraction of sp³-hybridized carbons (Fsp3) is 0.720. The van der Waals surface area contributed by atoms with Gasteiger partial charge < -0.3 is 23.8 Å². The molecule has 0 radical (unpaired) electrons. The Morgan fingerprint density at radius 1 is 1.00 bits per heavy atom. The largest absolute Gasteiger partial charge is 0.493 e. The molecule has 1 heterocycles. The smallest absolute Gasteiger partial charge is 0.410 e. The van der Waals surface area contributed by atoms with Crippen molar-refractivity contribution in [3.8, 4) is 11.5 Å². The molecule has 0 spiro atoms. The van der Waals surface area contributed by atoms with Gasteiger partial charge in [0.25, 0.3) is 0 Å². The quantitative estimate of drug-likeness (QED) is 0.625. The van der Waals surface area contributed by atoms with Gasteiger partial charge in [-0.1, -0.05) is 18.9 Å². The molecule has 1 aromatic carbocycles. The van der Waals surface area contributed by atoms with Gasteiger partial charge >= 0.3 is 6.09 Å². The standard InChI is InChI=1S/C25H40N2O5/c1-25(2,3)32-24(28)27-15-13-26(14-16-27)20-8-6-7-9-21(20)31-17-12-19-10-11-22(29-4)23(18-19)30-5/h10-11,18,20-21H,6-9,12-17H2,1-5H3/t20-,21-/m1/s1. The van der Waals surface area contributed by atoms with E-state index in [0.29, 0.717) is 25.7 Å². The number of carbonyl (C=O) groups is 1. The van der Waals surface area contributed by atoms with Gasteiger partial charge in [0.2, 0.25) is 0 Å². The molecule has 2 aliphatic rings. The Morgan fingerprint density at radius 3 is 2.34 bits per heavy atom. The van der Waals surface area contributed by atoms with Crippen molar-refractivity contribution in [1.29, 1.82) is 0 Å². The van der Waals surface area contributed by atoms with Crippen LogP contribution >= 0.6 is 0 Å². The van der Waals surface area contributed by atoms with E-state index in [4.69, 9.17) is 18.9 Å². The second kappa shape index (κ2) is 11.2. The molecular weight excluding hydrogens is 408 g/mol. The van der Waals surface area contributed by atoms with E-state index in [1.54, 1.807) is 14.2 Å². The Morgan fingerprint density at radius 2 is 1.69 bits per heavy atom. The molecule has 0 bridgehead atoms. The van der Waals surface area contributed by atoms with E-state index >= 15 is 0 Å². The van der Waals surface area contributed by atoms with Crippen LogP contribution in [0.4, 0.5) is 4.79 Å². The van der Waals surface area contributed by atoms with Crippen LogP contribution in [-0.2, 0) is 15.9 Å². The number of ether oxygens (including phenoxy) is 4. The highest BCUT2D eigenvalue weighted by Crippen LogP contribution is 2.29. The molecule has 0 unspecified atom stereocenters. The number of rotatable bonds is 7. The molecular formula is C25H40N2O5. The van der Waals surface area contributed by atoms with Crippen molar-refractivity contribution in [2.24, 2.45) is 0 Å². The molecule has 1 saturated heterocycles. The lowest BCUT2D eigenvalue weighted by atomic mass is 9.90. The first-order valence-corrected chi connectivity index (χ1v) is 11.8. The molecule has 1 aliphatic carbocycles. The van der Waals surface area contributed by atoms with Crippen molar-refractivity contribution in [1.82, 2.24) is 9.80 Å². The summed E-state index contributed by atoms with van der Waals surface area (Å²) in [6.07, 6.45) is 5.61. The summed E-state index contributed by atoms with van der Waals surface area (Å²) in [6, 6.07) is 6.46. The van der Waals surface area contributed by atoms with Gasteiger partial charge in [-0.25, -0.2) is 4.79 Å². The summed E-state index contributed by atoms with van der Waals surface area (Å²) in [5, 5.41) is 0. The topological polar surface area (TPSA) is 60.5 Å². The molecule has 1 aromatic rings. The maximum Gasteiger partial charge on any atom is 0.410 e. The summed E-state index contributed by atoms with van der Waals surface area (Å²) in [7, 11) is 3.31. The number of hydrogen-bond acceptors (Lipinski definition) is 6. The first-order chi connectivity index (χ1) is 15.3. The molecule has 2 fully saturated rings. The maximum absolute atomic E-state index is 12.4. The lowest BCUT2D eigenvalue weighted by molar-refractivity contribution is -0.0493. The zero-order valence-electron chi connectivity index (χ0n) is 20.4. The molecule has 0 N–H and O–H groups in total. The van der Waals surface area contributed by atoms with Crippen LogP contribution in [0.2, 0.25) is 0 Å². The normalized spacial score (nSPS) is 22.5. The highest BCUT2D eigenvalue weighted by Gasteiger charge is 2.34. The van der Waals surface area contributed by atoms with Crippen LogP contribution in [0.25, 0.3) is 0 Å². The highest BCUT2D eigenvalue weighted by molar-refractivity contribution is 5.68. The fourth-order valence-electron chi connectivity index (χ4n) is 4.62. The Hall–Kier alpha value is -1.99. The third kappa shape index (κ3) is 6.75. The summed E-state index contributed by atoms with van der Waals surface area (Å²) in [5.74, 6) is 1.50. The van der Waals surface area contributed by atoms with Crippen LogP contribution < -0.4 is 9.47 Å². The van der Waals surface area contributed by atoms with Crippen LogP contribution in [-0.4, -0.2) is 80.6 Å². The first-order valence-electron chi connectivity index (χ1n) is 11.8. The Balaban J connectivity index is 1.49. The number of piperazine rings is 1. The van der Waals surface area contributed by atoms with Gasteiger partial charge in [0.15, 0.2) is 11.5 Å². The van der Waals surface area contributed by atoms with E-state index in [9.17, 15) is 4.79 Å². The molecule has 1 amide bonds. The zero-order valence-corrected chi connectivity index (χ0v) is 20.4. The second-order valence-electron chi connectivity index (χ2n) is 9.70. The molecule has 0 aromatic heterocycles. The number of nitrogens with zero attached hydrogens (tertiary/aromatic N) is 2. The summed E-state index contributed by atoms with van der Waals surface area (Å²) in [6.45, 7) is 9.59. The number of methoxy groups -OCH3 is 2. The Bertz CT molecular complexity index is 740. The minimum atomic E-state index is -0.454. The molecule has 7 nitrogen and oxygen atoms in total. The number of carbonyl (C=O) groups excluding carboxylic acids is 1. The van der Waals surface area contributed by atoms with Crippen LogP contribution in [0.15, 0.2) is 18.2 Å². The summed E-state index contributed by atoms with van der Waals surface area (Å²) in [5.41, 5.74) is 0.728. The summed E-state index contributed by atoms with van der Waals surface area (Å²) >= 11 is 0. The Kier molecular flexibility index (Phi) is 8.65. The predicted octanol–water partition coefficient (Wildman–Crippen LogP) is 4.13. The predicted molar refractivity (Wildman–Crippen MR) is 125 cm³/mol. The summed E-state index contributed by atoms with van der Waals surface area (Å²) < 4.78 is 22.7. The number of amides is 1. The van der Waals surface area contributed by atoms with E-state index in [-0.39, 0.29) is 12.2 Å². The van der Waals surface area contributed by atoms with Gasteiger partial charge in [-0.15, -0.1) is 0 Å². The molecule has 7 heteroatoms. The monoisotopic (exact) mass is 448 g/mol. The lowest BCUT2D eigenvalue weighted by Gasteiger charge is -2.44. The van der Waals surface area contributed by atoms with E-state index in [2.05, 4.69) is 11.0 Å². The third-order valence-electron chi connectivity index (χ3n) is 6.27. The van der Waals surface area contributed by atoms with Crippen LogP contribution in [0.3, 0.4) is 0 Å². The van der Waals surface area contributed by atoms with Crippen LogP contribution in [0.5, 0.6) is 11.5 Å². The number of hydrogen-bond donors (Lipinski definition) is 0. The molecule has 180 valence electrons. The maximum atomic E-state index is 12.4. The van der Waals surface area contributed by atoms with E-state index < -0.39 is 5.60 Å². The molecule has 1 saturated carbocycles. The van der Waals surface area contributed by atoms with Crippen molar-refractivity contribution < 1.29 is 23.7 Å². The fourth-order valence-corrected chi connectivity index (χ4v) is 4.62. The third-order valence-corrected chi connectivity index (χ3v) is 6.27. The van der Waals surface area contributed by atoms with Crippen molar-refractivity contribution in [3.05, 3.63) is 23.8 Å². The van der Waals surface area contributed by atoms with Crippen molar-refractivity contribution in [3.63, 3.8) is 0 Å². The minimum absolute atomic E-state index is 0.205. The van der Waals surface area contributed by atoms with Gasteiger partial charge in [-0.05, 0) is 57.7 Å². The van der Waals surface area contributed by atoms with Gasteiger partial charge in [0, 0.05) is 32.2 Å². The zero-order chi connectivity index (χ0) is 23.1. The molecule has 32 heavy (non-hydrogen) atoms. The van der Waals surface area contributed by atoms with Crippen molar-refractivity contribution in [2.75, 3.05) is 47.0 Å². The average molecular weight is 449 g/mol. The van der Waals surface area contributed by atoms with Crippen LogP contribution in [0, 0.1) is 0 Å². The van der Waals surface area contributed by atoms with Gasteiger partial charge in [0.1, 0.15) is 5.60 Å². The molecule has 2 atom stereocenters. The Labute approximate surface area is 192 Å².